The van der Waals surface area contributed by atoms with Crippen molar-refractivity contribution in [2.24, 2.45) is 0 Å². The Labute approximate surface area is 111 Å². The lowest BCUT2D eigenvalue weighted by Gasteiger charge is -2.23. The van der Waals surface area contributed by atoms with Crippen molar-refractivity contribution < 1.29 is 10.0 Å². The Morgan fingerprint density at radius 2 is 2.37 bits per heavy atom. The first-order valence-corrected chi connectivity index (χ1v) is 5.91. The fraction of sp³-hybridized carbons (Fsp3) is 0.500. The van der Waals surface area contributed by atoms with E-state index >= 15 is 0 Å². The highest BCUT2D eigenvalue weighted by atomic mass is 16.6. The smallest absolute Gasteiger partial charge is 0.328 e. The second-order valence-electron chi connectivity index (χ2n) is 4.53. The van der Waals surface area contributed by atoms with Crippen LogP contribution in [0.3, 0.4) is 0 Å². The largest absolute Gasteiger partial charge is 0.388 e. The van der Waals surface area contributed by atoms with Gasteiger partial charge in [-0.2, -0.15) is 5.26 Å². The second-order valence-corrected chi connectivity index (χ2v) is 4.53. The van der Waals surface area contributed by atoms with Gasteiger partial charge in [0.15, 0.2) is 0 Å². The molecule has 0 radical (unpaired) electrons. The fourth-order valence-corrected chi connectivity index (χ4v) is 1.76. The number of nitriles is 1. The summed E-state index contributed by atoms with van der Waals surface area (Å²) in [4.78, 5) is 14.2. The molecule has 1 unspecified atom stereocenters. The van der Waals surface area contributed by atoms with Gasteiger partial charge in [-0.25, -0.2) is 4.98 Å². The maximum absolute atomic E-state index is 11.0. The van der Waals surface area contributed by atoms with Crippen molar-refractivity contribution >= 4 is 11.5 Å². The van der Waals surface area contributed by atoms with Crippen LogP contribution in [0.5, 0.6) is 0 Å². The van der Waals surface area contributed by atoms with E-state index in [1.807, 2.05) is 6.92 Å². The lowest BCUT2D eigenvalue weighted by atomic mass is 10.0. The molecule has 19 heavy (non-hydrogen) atoms. The summed E-state index contributed by atoms with van der Waals surface area (Å²) in [6.07, 6.45) is 2.68. The van der Waals surface area contributed by atoms with E-state index in [0.717, 1.165) is 6.42 Å². The molecular weight excluding hydrogens is 248 g/mol. The molecular formula is C12H16N4O3. The Bertz CT molecular complexity index is 508. The van der Waals surface area contributed by atoms with Gasteiger partial charge in [0.05, 0.1) is 10.5 Å². The number of nitrogens with zero attached hydrogens (tertiary/aromatic N) is 3. The molecule has 102 valence electrons. The molecule has 0 saturated heterocycles. The van der Waals surface area contributed by atoms with E-state index in [1.54, 1.807) is 13.0 Å². The van der Waals surface area contributed by atoms with E-state index in [9.17, 15) is 15.2 Å². The van der Waals surface area contributed by atoms with Crippen molar-refractivity contribution in [2.75, 3.05) is 11.9 Å². The van der Waals surface area contributed by atoms with Crippen molar-refractivity contribution in [2.45, 2.75) is 32.3 Å². The molecule has 0 bridgehead atoms. The summed E-state index contributed by atoms with van der Waals surface area (Å²) >= 11 is 0. The maximum Gasteiger partial charge on any atom is 0.328 e. The SMILES string of the molecule is CCCC(C)(O)CNc1nccc(C#N)c1[N+](=O)[O-]. The number of rotatable bonds is 6. The Balaban J connectivity index is 2.96. The number of nitrogens with one attached hydrogen (secondary N) is 1. The van der Waals surface area contributed by atoms with E-state index in [1.165, 1.54) is 12.3 Å². The van der Waals surface area contributed by atoms with Gasteiger partial charge in [0, 0.05) is 12.7 Å². The average molecular weight is 264 g/mol. The van der Waals surface area contributed by atoms with Gasteiger partial charge in [-0.05, 0) is 19.4 Å². The molecule has 1 atom stereocenters. The lowest BCUT2D eigenvalue weighted by Crippen LogP contribution is -2.33. The number of hydrogen-bond acceptors (Lipinski definition) is 6. The van der Waals surface area contributed by atoms with Crippen molar-refractivity contribution in [1.82, 2.24) is 4.98 Å². The van der Waals surface area contributed by atoms with Gasteiger partial charge in [-0.15, -0.1) is 0 Å². The summed E-state index contributed by atoms with van der Waals surface area (Å²) in [5.74, 6) is 0.000396. The number of anilines is 1. The van der Waals surface area contributed by atoms with Crippen LogP contribution in [0.1, 0.15) is 32.3 Å². The molecule has 1 heterocycles. The van der Waals surface area contributed by atoms with Crippen LogP contribution in [-0.2, 0) is 0 Å². The molecule has 7 nitrogen and oxygen atoms in total. The molecule has 1 aromatic rings. The molecule has 0 aromatic carbocycles. The third-order valence-corrected chi connectivity index (χ3v) is 2.65. The van der Waals surface area contributed by atoms with E-state index < -0.39 is 10.5 Å². The van der Waals surface area contributed by atoms with Gasteiger partial charge in [-0.1, -0.05) is 13.3 Å². The van der Waals surface area contributed by atoms with Gasteiger partial charge in [0.1, 0.15) is 11.6 Å². The molecule has 0 fully saturated rings. The summed E-state index contributed by atoms with van der Waals surface area (Å²) in [5.41, 5.74) is -1.40. The quantitative estimate of drug-likeness (QED) is 0.598. The minimum Gasteiger partial charge on any atom is -0.388 e. The first-order chi connectivity index (χ1) is 8.91. The van der Waals surface area contributed by atoms with E-state index in [-0.39, 0.29) is 23.6 Å². The van der Waals surface area contributed by atoms with Crippen LogP contribution in [-0.4, -0.2) is 27.2 Å². The monoisotopic (exact) mass is 264 g/mol. The first kappa shape index (κ1) is 14.9. The Morgan fingerprint density at radius 3 is 2.89 bits per heavy atom. The van der Waals surface area contributed by atoms with Gasteiger partial charge in [0.25, 0.3) is 0 Å². The molecule has 0 amide bonds. The molecule has 2 N–H and O–H groups in total. The molecule has 0 saturated carbocycles. The Hall–Kier alpha value is -2.20. The Kier molecular flexibility index (Phi) is 4.78. The first-order valence-electron chi connectivity index (χ1n) is 5.91. The molecule has 0 aliphatic carbocycles. The number of aliphatic hydroxyl groups is 1. The summed E-state index contributed by atoms with van der Waals surface area (Å²) < 4.78 is 0. The molecule has 0 aliphatic heterocycles. The molecule has 1 aromatic heterocycles. The second kappa shape index (κ2) is 6.11. The van der Waals surface area contributed by atoms with Gasteiger partial charge in [-0.3, -0.25) is 10.1 Å². The van der Waals surface area contributed by atoms with Crippen molar-refractivity contribution in [3.05, 3.63) is 27.9 Å². The fourth-order valence-electron chi connectivity index (χ4n) is 1.76. The van der Waals surface area contributed by atoms with Crippen molar-refractivity contribution in [3.8, 4) is 6.07 Å². The highest BCUT2D eigenvalue weighted by Gasteiger charge is 2.24. The molecule has 0 spiro atoms. The minimum atomic E-state index is -0.979. The van der Waals surface area contributed by atoms with Crippen LogP contribution < -0.4 is 5.32 Å². The number of hydrogen-bond donors (Lipinski definition) is 2. The third kappa shape index (κ3) is 3.89. The normalized spacial score (nSPS) is 13.4. The summed E-state index contributed by atoms with van der Waals surface area (Å²) in [7, 11) is 0. The van der Waals surface area contributed by atoms with Crippen LogP contribution in [0.2, 0.25) is 0 Å². The zero-order valence-corrected chi connectivity index (χ0v) is 10.9. The molecule has 1 rings (SSSR count). The van der Waals surface area contributed by atoms with Crippen molar-refractivity contribution in [1.29, 1.82) is 5.26 Å². The third-order valence-electron chi connectivity index (χ3n) is 2.65. The number of aromatic nitrogens is 1. The van der Waals surface area contributed by atoms with Crippen LogP contribution in [0.15, 0.2) is 12.3 Å². The summed E-state index contributed by atoms with van der Waals surface area (Å²) in [5, 5.41) is 32.6. The van der Waals surface area contributed by atoms with E-state index in [0.29, 0.717) is 6.42 Å². The zero-order chi connectivity index (χ0) is 14.5. The molecule has 0 aliphatic rings. The topological polar surface area (TPSA) is 112 Å². The number of nitro groups is 1. The highest BCUT2D eigenvalue weighted by Crippen LogP contribution is 2.26. The summed E-state index contributed by atoms with van der Waals surface area (Å²) in [6, 6.07) is 3.04. The van der Waals surface area contributed by atoms with E-state index in [4.69, 9.17) is 5.26 Å². The predicted molar refractivity (Wildman–Crippen MR) is 69.6 cm³/mol. The van der Waals surface area contributed by atoms with Crippen LogP contribution in [0.25, 0.3) is 0 Å². The average Bonchev–Trinajstić information content (AvgIpc) is 2.35. The number of pyridine rings is 1. The van der Waals surface area contributed by atoms with Gasteiger partial charge < -0.3 is 10.4 Å². The van der Waals surface area contributed by atoms with Gasteiger partial charge >= 0.3 is 5.69 Å². The minimum absolute atomic E-state index is 0.000396. The standard InChI is InChI=1S/C12H16N4O3/c1-3-5-12(2,17)8-15-11-10(16(18)19)9(7-13)4-6-14-11/h4,6,17H,3,5,8H2,1-2H3,(H,14,15). The zero-order valence-electron chi connectivity index (χ0n) is 10.9. The van der Waals surface area contributed by atoms with Gasteiger partial charge in [0.2, 0.25) is 5.82 Å². The predicted octanol–water partition coefficient (Wildman–Crippen LogP) is 1.82. The summed E-state index contributed by atoms with van der Waals surface area (Å²) in [6.45, 7) is 3.71. The van der Waals surface area contributed by atoms with Crippen LogP contribution in [0, 0.1) is 21.4 Å². The van der Waals surface area contributed by atoms with E-state index in [2.05, 4.69) is 10.3 Å². The lowest BCUT2D eigenvalue weighted by molar-refractivity contribution is -0.384. The van der Waals surface area contributed by atoms with Crippen LogP contribution >= 0.6 is 0 Å². The maximum atomic E-state index is 11.0. The van der Waals surface area contributed by atoms with Crippen molar-refractivity contribution in [3.63, 3.8) is 0 Å². The molecule has 7 heteroatoms. The highest BCUT2D eigenvalue weighted by molar-refractivity contribution is 5.64. The van der Waals surface area contributed by atoms with Crippen LogP contribution in [0.4, 0.5) is 11.5 Å². The Morgan fingerprint density at radius 1 is 1.68 bits per heavy atom.